The Hall–Kier alpha value is -2.81. The van der Waals surface area contributed by atoms with Gasteiger partial charge >= 0.3 is 6.03 Å². The second-order valence-electron chi connectivity index (χ2n) is 8.61. The molecule has 0 saturated carbocycles. The van der Waals surface area contributed by atoms with Gasteiger partial charge in [0.05, 0.1) is 65.2 Å². The summed E-state index contributed by atoms with van der Waals surface area (Å²) in [5, 5.41) is 0. The number of methoxy groups -OCH3 is 2. The maximum absolute atomic E-state index is 13.9. The molecule has 0 unspecified atom stereocenters. The van der Waals surface area contributed by atoms with Gasteiger partial charge in [-0.05, 0) is 55.7 Å². The number of hydrogen-bond donors (Lipinski definition) is 0. The Morgan fingerprint density at radius 3 is 1.59 bits per heavy atom. The summed E-state index contributed by atoms with van der Waals surface area (Å²) >= 11 is 0. The van der Waals surface area contributed by atoms with E-state index < -0.39 is 0 Å². The minimum absolute atomic E-state index is 0.104. The zero-order valence-electron chi connectivity index (χ0n) is 20.5. The molecule has 2 amide bonds. The Labute approximate surface area is 201 Å². The van der Waals surface area contributed by atoms with Crippen molar-refractivity contribution in [1.29, 1.82) is 0 Å². The molecule has 8 nitrogen and oxygen atoms in total. The standard InChI is InChI=1S/C26H34N2O6/c1-18-12-20-16-33-10-8-32-9-11-34-17-21-13-19(2)15-23(25(21)31-4)28-7-5-6-27(26(28)29)22(14-18)24(20)30-3/h12-15H,5-11,16-17H2,1-4H3. The number of aryl methyl sites for hydroxylation is 2. The van der Waals surface area contributed by atoms with Crippen molar-refractivity contribution in [3.63, 3.8) is 0 Å². The highest BCUT2D eigenvalue weighted by atomic mass is 16.5. The first-order valence-electron chi connectivity index (χ1n) is 11.7. The van der Waals surface area contributed by atoms with Crippen molar-refractivity contribution in [2.75, 3.05) is 63.5 Å². The predicted molar refractivity (Wildman–Crippen MR) is 130 cm³/mol. The summed E-state index contributed by atoms with van der Waals surface area (Å²) in [5.74, 6) is 1.32. The number of hydrogen-bond acceptors (Lipinski definition) is 6. The molecule has 0 aliphatic carbocycles. The average Bonchev–Trinajstić information content (AvgIpc) is 2.82. The number of urea groups is 1. The number of anilines is 2. The minimum Gasteiger partial charge on any atom is -0.494 e. The Kier molecular flexibility index (Phi) is 7.92. The third kappa shape index (κ3) is 5.14. The first-order chi connectivity index (χ1) is 16.5. The van der Waals surface area contributed by atoms with Gasteiger partial charge in [-0.2, -0.15) is 0 Å². The first-order valence-corrected chi connectivity index (χ1v) is 11.7. The summed E-state index contributed by atoms with van der Waals surface area (Å²) in [6.45, 7) is 7.85. The van der Waals surface area contributed by atoms with Gasteiger partial charge in [0, 0.05) is 24.2 Å². The number of fused-ring (bicyclic) bond motifs is 8. The monoisotopic (exact) mass is 470 g/mol. The Balaban J connectivity index is 1.79. The second-order valence-corrected chi connectivity index (χ2v) is 8.61. The minimum atomic E-state index is -0.104. The molecule has 1 fully saturated rings. The van der Waals surface area contributed by atoms with E-state index >= 15 is 0 Å². The smallest absolute Gasteiger partial charge is 0.329 e. The third-order valence-electron chi connectivity index (χ3n) is 6.06. The van der Waals surface area contributed by atoms with Crippen LogP contribution < -0.4 is 19.3 Å². The summed E-state index contributed by atoms with van der Waals surface area (Å²) in [6, 6.07) is 7.97. The van der Waals surface area contributed by atoms with Crippen LogP contribution in [0.25, 0.3) is 0 Å². The number of ether oxygens (including phenoxy) is 5. The fourth-order valence-corrected chi connectivity index (χ4v) is 4.62. The topological polar surface area (TPSA) is 69.7 Å². The van der Waals surface area contributed by atoms with Gasteiger partial charge in [-0.15, -0.1) is 0 Å². The van der Waals surface area contributed by atoms with E-state index in [4.69, 9.17) is 23.7 Å². The van der Waals surface area contributed by atoms with Gasteiger partial charge in [0.15, 0.2) is 0 Å². The van der Waals surface area contributed by atoms with E-state index in [2.05, 4.69) is 0 Å². The van der Waals surface area contributed by atoms with Crippen LogP contribution >= 0.6 is 0 Å². The average molecular weight is 471 g/mol. The van der Waals surface area contributed by atoms with E-state index in [1.54, 1.807) is 24.0 Å². The third-order valence-corrected chi connectivity index (χ3v) is 6.06. The van der Waals surface area contributed by atoms with E-state index in [1.165, 1.54) is 0 Å². The molecule has 0 aromatic heterocycles. The van der Waals surface area contributed by atoms with Crippen molar-refractivity contribution >= 4 is 17.4 Å². The number of benzene rings is 2. The van der Waals surface area contributed by atoms with Crippen LogP contribution in [0.3, 0.4) is 0 Å². The zero-order valence-corrected chi connectivity index (χ0v) is 20.5. The fraction of sp³-hybridized carbons (Fsp3) is 0.500. The SMILES string of the molecule is COc1c2cc(C)cc1N1CCCN(C1=O)c1cc(C)cc(c1OC)COCCOCCOC2. The lowest BCUT2D eigenvalue weighted by Gasteiger charge is -2.37. The zero-order chi connectivity index (χ0) is 24.1. The van der Waals surface area contributed by atoms with Crippen LogP contribution in [0.2, 0.25) is 0 Å². The van der Waals surface area contributed by atoms with Gasteiger partial charge in [-0.3, -0.25) is 9.80 Å². The van der Waals surface area contributed by atoms with Gasteiger partial charge in [0.2, 0.25) is 0 Å². The molecule has 2 aliphatic rings. The number of amides is 2. The quantitative estimate of drug-likeness (QED) is 0.655. The van der Waals surface area contributed by atoms with E-state index in [-0.39, 0.29) is 6.03 Å². The van der Waals surface area contributed by atoms with E-state index in [0.29, 0.717) is 64.2 Å². The highest BCUT2D eigenvalue weighted by Gasteiger charge is 2.33. The molecule has 2 aromatic rings. The van der Waals surface area contributed by atoms with Crippen molar-refractivity contribution in [3.8, 4) is 11.5 Å². The van der Waals surface area contributed by atoms with Gasteiger partial charge in [-0.25, -0.2) is 4.79 Å². The maximum atomic E-state index is 13.9. The molecule has 4 rings (SSSR count). The lowest BCUT2D eigenvalue weighted by molar-refractivity contribution is 0.00652. The van der Waals surface area contributed by atoms with Crippen molar-refractivity contribution in [3.05, 3.63) is 46.5 Å². The summed E-state index contributed by atoms with van der Waals surface area (Å²) in [4.78, 5) is 17.4. The van der Waals surface area contributed by atoms with E-state index in [9.17, 15) is 4.79 Å². The number of nitrogens with zero attached hydrogens (tertiary/aromatic N) is 2. The summed E-state index contributed by atoms with van der Waals surface area (Å²) < 4.78 is 28.9. The normalized spacial score (nSPS) is 17.7. The molecule has 6 bridgehead atoms. The summed E-state index contributed by atoms with van der Waals surface area (Å²) in [5.41, 5.74) is 5.39. The molecule has 184 valence electrons. The van der Waals surface area contributed by atoms with E-state index in [1.807, 2.05) is 38.1 Å². The van der Waals surface area contributed by atoms with E-state index in [0.717, 1.165) is 40.0 Å². The Morgan fingerprint density at radius 2 is 1.15 bits per heavy atom. The maximum Gasteiger partial charge on any atom is 0.329 e. The molecule has 0 N–H and O–H groups in total. The molecular weight excluding hydrogens is 436 g/mol. The molecule has 1 saturated heterocycles. The molecular formula is C26H34N2O6. The number of rotatable bonds is 2. The van der Waals surface area contributed by atoms with Crippen molar-refractivity contribution in [2.45, 2.75) is 33.5 Å². The van der Waals surface area contributed by atoms with Crippen molar-refractivity contribution in [2.24, 2.45) is 0 Å². The number of carbonyl (C=O) groups is 1. The first kappa shape index (κ1) is 24.3. The van der Waals surface area contributed by atoms with Crippen LogP contribution in [0, 0.1) is 13.8 Å². The van der Waals surface area contributed by atoms with Crippen LogP contribution in [0.5, 0.6) is 11.5 Å². The van der Waals surface area contributed by atoms with Gasteiger partial charge in [-0.1, -0.05) is 0 Å². The lowest BCUT2D eigenvalue weighted by atomic mass is 10.1. The summed E-state index contributed by atoms with van der Waals surface area (Å²) in [7, 11) is 3.27. The molecule has 0 spiro atoms. The van der Waals surface area contributed by atoms with Crippen LogP contribution in [-0.4, -0.2) is 59.8 Å². The van der Waals surface area contributed by atoms with Gasteiger partial charge in [0.25, 0.3) is 0 Å². The molecule has 2 heterocycles. The lowest BCUT2D eigenvalue weighted by Crippen LogP contribution is -2.50. The highest BCUT2D eigenvalue weighted by molar-refractivity contribution is 6.06. The Morgan fingerprint density at radius 1 is 0.706 bits per heavy atom. The molecule has 34 heavy (non-hydrogen) atoms. The predicted octanol–water partition coefficient (Wildman–Crippen LogP) is 4.22. The number of carbonyl (C=O) groups excluding carboxylic acids is 1. The summed E-state index contributed by atoms with van der Waals surface area (Å²) in [6.07, 6.45) is 0.814. The van der Waals surface area contributed by atoms with Crippen LogP contribution in [0.4, 0.5) is 16.2 Å². The van der Waals surface area contributed by atoms with Gasteiger partial charge in [0.1, 0.15) is 11.5 Å². The van der Waals surface area contributed by atoms with Crippen LogP contribution in [0.15, 0.2) is 24.3 Å². The second kappa shape index (κ2) is 11.1. The van der Waals surface area contributed by atoms with Gasteiger partial charge < -0.3 is 23.7 Å². The molecule has 2 aliphatic heterocycles. The van der Waals surface area contributed by atoms with Crippen LogP contribution in [0.1, 0.15) is 28.7 Å². The molecule has 0 radical (unpaired) electrons. The van der Waals surface area contributed by atoms with Crippen molar-refractivity contribution in [1.82, 2.24) is 0 Å². The fourth-order valence-electron chi connectivity index (χ4n) is 4.62. The Bertz CT molecular complexity index is 947. The molecule has 2 aromatic carbocycles. The highest BCUT2D eigenvalue weighted by Crippen LogP contribution is 2.39. The molecule has 0 atom stereocenters. The van der Waals surface area contributed by atoms with Crippen LogP contribution in [-0.2, 0) is 27.4 Å². The van der Waals surface area contributed by atoms with Crippen molar-refractivity contribution < 1.29 is 28.5 Å². The largest absolute Gasteiger partial charge is 0.494 e. The molecule has 8 heteroatoms.